The lowest BCUT2D eigenvalue weighted by Crippen LogP contribution is -2.52. The molecule has 1 aromatic rings. The zero-order valence-electron chi connectivity index (χ0n) is 11.7. The standard InChI is InChI=1S/C16H21NO2/c1-17-13-6-4-8-16(10-13,11-15(17)18)12-5-3-7-14(9-12)19-2/h3,5,7,9,13H,4,6,8,10-11H2,1-2H3/t13-,16-/m0/s1. The van der Waals surface area contributed by atoms with Gasteiger partial charge in [-0.2, -0.15) is 0 Å². The van der Waals surface area contributed by atoms with E-state index in [2.05, 4.69) is 12.1 Å². The summed E-state index contributed by atoms with van der Waals surface area (Å²) in [4.78, 5) is 14.2. The van der Waals surface area contributed by atoms with Gasteiger partial charge in [-0.05, 0) is 37.0 Å². The van der Waals surface area contributed by atoms with Crippen LogP contribution in [0.15, 0.2) is 24.3 Å². The zero-order chi connectivity index (χ0) is 13.5. The fourth-order valence-corrected chi connectivity index (χ4v) is 3.76. The molecule has 19 heavy (non-hydrogen) atoms. The molecule has 1 aromatic carbocycles. The van der Waals surface area contributed by atoms with E-state index in [4.69, 9.17) is 4.74 Å². The normalized spacial score (nSPS) is 30.3. The second kappa shape index (κ2) is 4.55. The summed E-state index contributed by atoms with van der Waals surface area (Å²) in [5, 5.41) is 0. The van der Waals surface area contributed by atoms with Gasteiger partial charge in [0.15, 0.2) is 0 Å². The summed E-state index contributed by atoms with van der Waals surface area (Å²) in [5.41, 5.74) is 1.32. The average molecular weight is 259 g/mol. The number of piperidine rings is 1. The van der Waals surface area contributed by atoms with Gasteiger partial charge in [0.25, 0.3) is 0 Å². The number of fused-ring (bicyclic) bond motifs is 2. The lowest BCUT2D eigenvalue weighted by molar-refractivity contribution is -0.139. The van der Waals surface area contributed by atoms with Gasteiger partial charge >= 0.3 is 0 Å². The molecule has 3 nitrogen and oxygen atoms in total. The smallest absolute Gasteiger partial charge is 0.223 e. The topological polar surface area (TPSA) is 29.5 Å². The summed E-state index contributed by atoms with van der Waals surface area (Å²) in [6.07, 6.45) is 5.22. The molecule has 1 saturated carbocycles. The third kappa shape index (κ3) is 2.01. The molecule has 0 unspecified atom stereocenters. The Labute approximate surface area is 114 Å². The lowest BCUT2D eigenvalue weighted by Gasteiger charge is -2.49. The summed E-state index contributed by atoms with van der Waals surface area (Å²) in [5.74, 6) is 1.18. The maximum Gasteiger partial charge on any atom is 0.223 e. The van der Waals surface area contributed by atoms with E-state index < -0.39 is 0 Å². The average Bonchev–Trinajstić information content (AvgIpc) is 2.45. The maximum atomic E-state index is 12.2. The Hall–Kier alpha value is -1.51. The van der Waals surface area contributed by atoms with Crippen LogP contribution in [0, 0.1) is 0 Å². The number of hydrogen-bond acceptors (Lipinski definition) is 2. The van der Waals surface area contributed by atoms with E-state index in [-0.39, 0.29) is 5.41 Å². The number of ether oxygens (including phenoxy) is 1. The molecule has 0 N–H and O–H groups in total. The van der Waals surface area contributed by atoms with Crippen molar-refractivity contribution in [2.24, 2.45) is 0 Å². The van der Waals surface area contributed by atoms with Gasteiger partial charge in [-0.1, -0.05) is 18.6 Å². The molecule has 2 atom stereocenters. The van der Waals surface area contributed by atoms with Gasteiger partial charge in [-0.25, -0.2) is 0 Å². The predicted molar refractivity (Wildman–Crippen MR) is 74.3 cm³/mol. The van der Waals surface area contributed by atoms with E-state index in [0.29, 0.717) is 18.4 Å². The molecule has 1 heterocycles. The second-order valence-electron chi connectivity index (χ2n) is 5.94. The molecule has 1 aliphatic carbocycles. The molecular weight excluding hydrogens is 238 g/mol. The summed E-state index contributed by atoms with van der Waals surface area (Å²) in [7, 11) is 3.65. The highest BCUT2D eigenvalue weighted by molar-refractivity contribution is 5.79. The fourth-order valence-electron chi connectivity index (χ4n) is 3.76. The van der Waals surface area contributed by atoms with Crippen LogP contribution < -0.4 is 4.74 Å². The number of amides is 1. The molecule has 2 fully saturated rings. The number of benzene rings is 1. The van der Waals surface area contributed by atoms with Gasteiger partial charge in [0.1, 0.15) is 5.75 Å². The number of hydrogen-bond donors (Lipinski definition) is 0. The van der Waals surface area contributed by atoms with Crippen molar-refractivity contribution in [2.75, 3.05) is 14.2 Å². The molecule has 102 valence electrons. The molecule has 2 bridgehead atoms. The minimum absolute atomic E-state index is 0.0427. The van der Waals surface area contributed by atoms with Crippen molar-refractivity contribution in [3.63, 3.8) is 0 Å². The van der Waals surface area contributed by atoms with Gasteiger partial charge in [0, 0.05) is 24.9 Å². The molecule has 0 aromatic heterocycles. The first kappa shape index (κ1) is 12.5. The first-order valence-corrected chi connectivity index (χ1v) is 7.05. The Morgan fingerprint density at radius 3 is 3.05 bits per heavy atom. The third-order valence-electron chi connectivity index (χ3n) is 4.93. The Bertz CT molecular complexity index is 499. The number of nitrogens with zero attached hydrogens (tertiary/aromatic N) is 1. The molecule has 1 amide bonds. The van der Waals surface area contributed by atoms with Crippen LogP contribution >= 0.6 is 0 Å². The van der Waals surface area contributed by atoms with Crippen molar-refractivity contribution in [1.82, 2.24) is 4.90 Å². The minimum atomic E-state index is 0.0427. The van der Waals surface area contributed by atoms with E-state index in [0.717, 1.165) is 25.0 Å². The minimum Gasteiger partial charge on any atom is -0.497 e. The molecular formula is C16H21NO2. The van der Waals surface area contributed by atoms with Crippen molar-refractivity contribution in [3.8, 4) is 5.75 Å². The van der Waals surface area contributed by atoms with E-state index in [1.807, 2.05) is 24.1 Å². The molecule has 1 saturated heterocycles. The zero-order valence-corrected chi connectivity index (χ0v) is 11.7. The lowest BCUT2D eigenvalue weighted by atomic mass is 9.63. The van der Waals surface area contributed by atoms with E-state index in [1.165, 1.54) is 12.0 Å². The van der Waals surface area contributed by atoms with E-state index in [1.54, 1.807) is 7.11 Å². The first-order valence-electron chi connectivity index (χ1n) is 7.05. The van der Waals surface area contributed by atoms with Gasteiger partial charge in [0.05, 0.1) is 7.11 Å². The van der Waals surface area contributed by atoms with Crippen molar-refractivity contribution < 1.29 is 9.53 Å². The van der Waals surface area contributed by atoms with Gasteiger partial charge in [-0.15, -0.1) is 0 Å². The SMILES string of the molecule is COc1cccc([C@@]23CCC[C@@H](C2)N(C)C(=O)C3)c1. The van der Waals surface area contributed by atoms with Crippen LogP contribution in [-0.2, 0) is 10.2 Å². The molecule has 2 aliphatic rings. The number of carbonyl (C=O) groups is 1. The highest BCUT2D eigenvalue weighted by atomic mass is 16.5. The first-order chi connectivity index (χ1) is 9.14. The van der Waals surface area contributed by atoms with Gasteiger partial charge < -0.3 is 9.64 Å². The van der Waals surface area contributed by atoms with E-state index in [9.17, 15) is 4.79 Å². The molecule has 3 rings (SSSR count). The van der Waals surface area contributed by atoms with Crippen LogP contribution in [0.5, 0.6) is 5.75 Å². The summed E-state index contributed by atoms with van der Waals surface area (Å²) in [6.45, 7) is 0. The Morgan fingerprint density at radius 1 is 1.42 bits per heavy atom. The summed E-state index contributed by atoms with van der Waals surface area (Å²) < 4.78 is 5.33. The van der Waals surface area contributed by atoms with E-state index >= 15 is 0 Å². The van der Waals surface area contributed by atoms with Crippen LogP contribution in [0.3, 0.4) is 0 Å². The van der Waals surface area contributed by atoms with Gasteiger partial charge in [-0.3, -0.25) is 4.79 Å². The largest absolute Gasteiger partial charge is 0.497 e. The fraction of sp³-hybridized carbons (Fsp3) is 0.562. The molecule has 0 spiro atoms. The third-order valence-corrected chi connectivity index (χ3v) is 4.93. The Morgan fingerprint density at radius 2 is 2.26 bits per heavy atom. The van der Waals surface area contributed by atoms with Crippen LogP contribution in [0.2, 0.25) is 0 Å². The molecule has 0 radical (unpaired) electrons. The number of likely N-dealkylation sites (tertiary alicyclic amines) is 1. The van der Waals surface area contributed by atoms with Crippen LogP contribution in [0.1, 0.15) is 37.7 Å². The summed E-state index contributed by atoms with van der Waals surface area (Å²) >= 11 is 0. The van der Waals surface area contributed by atoms with Gasteiger partial charge in [0.2, 0.25) is 5.91 Å². The molecule has 1 aliphatic heterocycles. The highest BCUT2D eigenvalue weighted by Gasteiger charge is 2.46. The predicted octanol–water partition coefficient (Wildman–Crippen LogP) is 2.74. The monoisotopic (exact) mass is 259 g/mol. The number of carbonyl (C=O) groups excluding carboxylic acids is 1. The number of rotatable bonds is 2. The molecule has 3 heteroatoms. The van der Waals surface area contributed by atoms with Crippen LogP contribution in [0.25, 0.3) is 0 Å². The quantitative estimate of drug-likeness (QED) is 0.817. The highest BCUT2D eigenvalue weighted by Crippen LogP contribution is 2.47. The Balaban J connectivity index is 1.99. The maximum absolute atomic E-state index is 12.2. The van der Waals surface area contributed by atoms with Crippen molar-refractivity contribution >= 4 is 5.91 Å². The van der Waals surface area contributed by atoms with Crippen molar-refractivity contribution in [1.29, 1.82) is 0 Å². The second-order valence-corrected chi connectivity index (χ2v) is 5.94. The number of methoxy groups -OCH3 is 1. The van der Waals surface area contributed by atoms with Crippen molar-refractivity contribution in [3.05, 3.63) is 29.8 Å². The van der Waals surface area contributed by atoms with Crippen molar-refractivity contribution in [2.45, 2.75) is 43.6 Å². The van der Waals surface area contributed by atoms with Crippen LogP contribution in [0.4, 0.5) is 0 Å². The van der Waals surface area contributed by atoms with Crippen LogP contribution in [-0.4, -0.2) is 31.0 Å². The summed E-state index contributed by atoms with van der Waals surface area (Å²) in [6, 6.07) is 8.69. The Kier molecular flexibility index (Phi) is 3.00.